The van der Waals surface area contributed by atoms with E-state index in [1.54, 1.807) is 17.6 Å². The fraction of sp³-hybridized carbons (Fsp3) is 0.444. The standard InChI is InChI=1S/C25H23FN2O5.C2H6/c1-11-13-5-4-12(3-2-6-29)20-15-9-28-19(22(15)27-18(21(13)20)8-17(11)26)7-14-16(24(28)31)10-33-25(32)23(14)30;1-2/h7-8,12,23,29-30H,2-6,9-10H2,1H3;1-2H3/t12-,23?;/m1./s1. The van der Waals surface area contributed by atoms with Crippen molar-refractivity contribution in [3.63, 3.8) is 0 Å². The molecule has 2 aliphatic heterocycles. The molecule has 0 amide bonds. The van der Waals surface area contributed by atoms with Crippen LogP contribution >= 0.6 is 0 Å². The zero-order chi connectivity index (χ0) is 25.0. The van der Waals surface area contributed by atoms with Gasteiger partial charge in [-0.25, -0.2) is 14.2 Å². The van der Waals surface area contributed by atoms with Gasteiger partial charge < -0.3 is 19.5 Å². The number of hydrogen-bond donors (Lipinski definition) is 2. The molecule has 3 aromatic rings. The Morgan fingerprint density at radius 1 is 1.20 bits per heavy atom. The van der Waals surface area contributed by atoms with E-state index < -0.39 is 12.1 Å². The van der Waals surface area contributed by atoms with E-state index in [-0.39, 0.29) is 41.6 Å². The zero-order valence-corrected chi connectivity index (χ0v) is 20.2. The highest BCUT2D eigenvalue weighted by Crippen LogP contribution is 2.47. The Labute approximate surface area is 202 Å². The summed E-state index contributed by atoms with van der Waals surface area (Å²) in [6.45, 7) is 6.04. The molecule has 184 valence electrons. The van der Waals surface area contributed by atoms with Crippen LogP contribution in [0.2, 0.25) is 0 Å². The maximum absolute atomic E-state index is 14.8. The van der Waals surface area contributed by atoms with E-state index in [4.69, 9.17) is 9.72 Å². The summed E-state index contributed by atoms with van der Waals surface area (Å²) in [5.74, 6) is -0.912. The SMILES string of the molecule is CC.Cc1c(F)cc2nc3c(c4c2c1CC[C@H]4CCCO)Cn1c-3cc2c(c1=O)COC(=O)C2O. The van der Waals surface area contributed by atoms with Crippen molar-refractivity contribution in [3.05, 3.63) is 61.7 Å². The van der Waals surface area contributed by atoms with Crippen molar-refractivity contribution in [1.29, 1.82) is 0 Å². The number of benzene rings is 1. The highest BCUT2D eigenvalue weighted by molar-refractivity contribution is 5.93. The van der Waals surface area contributed by atoms with Gasteiger partial charge >= 0.3 is 5.97 Å². The Kier molecular flexibility index (Phi) is 5.97. The average Bonchev–Trinajstić information content (AvgIpc) is 3.24. The molecular weight excluding hydrogens is 451 g/mol. The minimum atomic E-state index is -1.51. The highest BCUT2D eigenvalue weighted by atomic mass is 19.1. The van der Waals surface area contributed by atoms with Crippen LogP contribution in [-0.4, -0.2) is 32.3 Å². The lowest BCUT2D eigenvalue weighted by atomic mass is 9.76. The normalized spacial score (nSPS) is 19.4. The molecule has 35 heavy (non-hydrogen) atoms. The molecule has 3 aliphatic rings. The first kappa shape index (κ1) is 23.6. The number of hydrogen-bond acceptors (Lipinski definition) is 6. The number of halogens is 1. The Morgan fingerprint density at radius 3 is 2.71 bits per heavy atom. The Bertz CT molecular complexity index is 1430. The second-order valence-electron chi connectivity index (χ2n) is 9.18. The van der Waals surface area contributed by atoms with Crippen LogP contribution in [-0.2, 0) is 29.1 Å². The number of esters is 1. The van der Waals surface area contributed by atoms with Crippen molar-refractivity contribution in [3.8, 4) is 11.4 Å². The number of aliphatic hydroxyl groups excluding tert-OH is 2. The molecule has 2 aromatic heterocycles. The number of ether oxygens (including phenoxy) is 1. The van der Waals surface area contributed by atoms with E-state index in [1.165, 1.54) is 6.07 Å². The molecule has 7 nitrogen and oxygen atoms in total. The second-order valence-corrected chi connectivity index (χ2v) is 9.18. The van der Waals surface area contributed by atoms with Gasteiger partial charge in [-0.1, -0.05) is 13.8 Å². The Hall–Kier alpha value is -3.10. The molecule has 2 atom stereocenters. The summed E-state index contributed by atoms with van der Waals surface area (Å²) >= 11 is 0. The number of aromatic nitrogens is 2. The van der Waals surface area contributed by atoms with Gasteiger partial charge in [0, 0.05) is 29.2 Å². The number of carbonyl (C=O) groups excluding carboxylic acids is 1. The molecule has 0 fully saturated rings. The van der Waals surface area contributed by atoms with Crippen molar-refractivity contribution in [2.75, 3.05) is 6.61 Å². The quantitative estimate of drug-likeness (QED) is 0.433. The molecule has 0 spiro atoms. The summed E-state index contributed by atoms with van der Waals surface area (Å²) in [7, 11) is 0. The molecule has 2 N–H and O–H groups in total. The van der Waals surface area contributed by atoms with Crippen LogP contribution in [0.4, 0.5) is 4.39 Å². The number of cyclic esters (lactones) is 1. The van der Waals surface area contributed by atoms with E-state index in [9.17, 15) is 24.2 Å². The van der Waals surface area contributed by atoms with Gasteiger partial charge in [-0.05, 0) is 61.3 Å². The number of aliphatic hydroxyl groups is 2. The lowest BCUT2D eigenvalue weighted by molar-refractivity contribution is -0.157. The average molecular weight is 481 g/mol. The van der Waals surface area contributed by atoms with Crippen LogP contribution in [0.3, 0.4) is 0 Å². The Balaban J connectivity index is 0.00000124. The fourth-order valence-corrected chi connectivity index (χ4v) is 5.82. The number of pyridine rings is 2. The van der Waals surface area contributed by atoms with Gasteiger partial charge in [0.05, 0.1) is 29.0 Å². The summed E-state index contributed by atoms with van der Waals surface area (Å²) in [6.07, 6.45) is 1.52. The smallest absolute Gasteiger partial charge is 0.340 e. The van der Waals surface area contributed by atoms with Crippen LogP contribution in [0.1, 0.15) is 78.5 Å². The Morgan fingerprint density at radius 2 is 1.97 bits per heavy atom. The highest BCUT2D eigenvalue weighted by Gasteiger charge is 2.37. The van der Waals surface area contributed by atoms with Gasteiger partial charge in [0.25, 0.3) is 5.56 Å². The van der Waals surface area contributed by atoms with E-state index in [1.807, 2.05) is 13.8 Å². The molecule has 1 aromatic carbocycles. The third kappa shape index (κ3) is 3.42. The molecule has 0 radical (unpaired) electrons. The lowest BCUT2D eigenvalue weighted by Crippen LogP contribution is -2.32. The van der Waals surface area contributed by atoms with Gasteiger partial charge in [-0.3, -0.25) is 4.79 Å². The zero-order valence-electron chi connectivity index (χ0n) is 20.2. The van der Waals surface area contributed by atoms with Crippen LogP contribution in [0.5, 0.6) is 0 Å². The summed E-state index contributed by atoms with van der Waals surface area (Å²) in [5.41, 5.74) is 5.49. The third-order valence-electron chi connectivity index (χ3n) is 7.48. The number of rotatable bonds is 3. The summed E-state index contributed by atoms with van der Waals surface area (Å²) in [4.78, 5) is 30.0. The molecule has 1 unspecified atom stereocenters. The number of fused-ring (bicyclic) bond motifs is 5. The maximum atomic E-state index is 14.8. The molecule has 0 saturated carbocycles. The topological polar surface area (TPSA) is 102 Å². The molecular formula is C27H29FN2O5. The monoisotopic (exact) mass is 480 g/mol. The van der Waals surface area contributed by atoms with Crippen molar-refractivity contribution in [2.45, 2.75) is 71.6 Å². The molecule has 1 aliphatic carbocycles. The van der Waals surface area contributed by atoms with E-state index in [0.717, 1.165) is 41.3 Å². The van der Waals surface area contributed by atoms with Crippen molar-refractivity contribution < 1.29 is 24.1 Å². The van der Waals surface area contributed by atoms with Crippen molar-refractivity contribution in [1.82, 2.24) is 9.55 Å². The maximum Gasteiger partial charge on any atom is 0.340 e. The van der Waals surface area contributed by atoms with Crippen LogP contribution in [0, 0.1) is 12.7 Å². The van der Waals surface area contributed by atoms with Crippen LogP contribution in [0.15, 0.2) is 16.9 Å². The lowest BCUT2D eigenvalue weighted by Gasteiger charge is -2.29. The first-order valence-corrected chi connectivity index (χ1v) is 12.3. The first-order valence-electron chi connectivity index (χ1n) is 12.3. The number of nitrogens with zero attached hydrogens (tertiary/aromatic N) is 2. The molecule has 8 heteroatoms. The largest absolute Gasteiger partial charge is 0.458 e. The minimum Gasteiger partial charge on any atom is -0.458 e. The van der Waals surface area contributed by atoms with Crippen LogP contribution in [0.25, 0.3) is 22.3 Å². The van der Waals surface area contributed by atoms with Gasteiger partial charge in [0.2, 0.25) is 0 Å². The van der Waals surface area contributed by atoms with Gasteiger partial charge in [0.15, 0.2) is 6.10 Å². The number of aryl methyl sites for hydroxylation is 1. The first-order chi connectivity index (χ1) is 16.9. The second kappa shape index (κ2) is 8.84. The third-order valence-corrected chi connectivity index (χ3v) is 7.48. The fourth-order valence-electron chi connectivity index (χ4n) is 5.82. The van der Waals surface area contributed by atoms with Crippen molar-refractivity contribution >= 4 is 16.9 Å². The summed E-state index contributed by atoms with van der Waals surface area (Å²) < 4.78 is 21.4. The number of carbonyl (C=O) groups is 1. The van der Waals surface area contributed by atoms with Crippen LogP contribution < -0.4 is 5.56 Å². The molecule has 6 rings (SSSR count). The minimum absolute atomic E-state index is 0.0978. The molecule has 4 heterocycles. The summed E-state index contributed by atoms with van der Waals surface area (Å²) in [5, 5.41) is 20.7. The van der Waals surface area contributed by atoms with E-state index in [0.29, 0.717) is 35.4 Å². The van der Waals surface area contributed by atoms with Crippen molar-refractivity contribution in [2.24, 2.45) is 0 Å². The van der Waals surface area contributed by atoms with E-state index >= 15 is 0 Å². The van der Waals surface area contributed by atoms with Gasteiger partial charge in [0.1, 0.15) is 12.4 Å². The summed E-state index contributed by atoms with van der Waals surface area (Å²) in [6, 6.07) is 3.11. The van der Waals surface area contributed by atoms with Gasteiger partial charge in [-0.15, -0.1) is 0 Å². The predicted molar refractivity (Wildman–Crippen MR) is 129 cm³/mol. The van der Waals surface area contributed by atoms with Gasteiger partial charge in [-0.2, -0.15) is 0 Å². The molecule has 0 bridgehead atoms. The van der Waals surface area contributed by atoms with E-state index in [2.05, 4.69) is 0 Å². The predicted octanol–water partition coefficient (Wildman–Crippen LogP) is 3.79. The molecule has 0 saturated heterocycles.